The Bertz CT molecular complexity index is 339. The number of aldehydes is 1. The molecule has 0 N–H and O–H groups in total. The number of hydrogen-bond acceptors (Lipinski definition) is 1. The molecule has 0 saturated heterocycles. The molecule has 0 unspecified atom stereocenters. The van der Waals surface area contributed by atoms with E-state index in [-0.39, 0.29) is 10.8 Å². The van der Waals surface area contributed by atoms with Crippen molar-refractivity contribution >= 4 is 6.29 Å². The van der Waals surface area contributed by atoms with E-state index in [9.17, 15) is 4.79 Å². The second kappa shape index (κ2) is 3.80. The minimum Gasteiger partial charge on any atom is -0.302 e. The zero-order valence-corrected chi connectivity index (χ0v) is 10.3. The topological polar surface area (TPSA) is 17.1 Å². The van der Waals surface area contributed by atoms with Crippen molar-refractivity contribution in [3.8, 4) is 0 Å². The maximum absolute atomic E-state index is 10.9. The maximum Gasteiger partial charge on any atom is 0.129 e. The first-order valence-electron chi connectivity index (χ1n) is 5.35. The molecule has 1 nitrogen and oxygen atoms in total. The van der Waals surface area contributed by atoms with Crippen LogP contribution in [0, 0.1) is 0 Å². The number of carbonyl (C=O) groups is 1. The Balaban J connectivity index is 3.06. The normalized spacial score (nSPS) is 12.6. The van der Waals surface area contributed by atoms with Crippen molar-refractivity contribution in [2.75, 3.05) is 0 Å². The van der Waals surface area contributed by atoms with Gasteiger partial charge in [0.05, 0.1) is 0 Å². The van der Waals surface area contributed by atoms with Gasteiger partial charge in [-0.15, -0.1) is 0 Å². The first-order chi connectivity index (χ1) is 6.77. The molecular formula is C14H20O. The van der Waals surface area contributed by atoms with Crippen molar-refractivity contribution < 1.29 is 4.79 Å². The molecule has 1 aromatic carbocycles. The molecular weight excluding hydrogens is 184 g/mol. The summed E-state index contributed by atoms with van der Waals surface area (Å²) >= 11 is 0. The van der Waals surface area contributed by atoms with Crippen LogP contribution < -0.4 is 0 Å². The quantitative estimate of drug-likeness (QED) is 0.674. The van der Waals surface area contributed by atoms with Crippen LogP contribution in [-0.2, 0) is 15.6 Å². The largest absolute Gasteiger partial charge is 0.302 e. The lowest BCUT2D eigenvalue weighted by Crippen LogP contribution is -2.19. The molecule has 1 heteroatoms. The van der Waals surface area contributed by atoms with Crippen molar-refractivity contribution in [3.05, 3.63) is 35.4 Å². The third-order valence-electron chi connectivity index (χ3n) is 2.79. The number of carbonyl (C=O) groups excluding carboxylic acids is 1. The van der Waals surface area contributed by atoms with Gasteiger partial charge >= 0.3 is 0 Å². The van der Waals surface area contributed by atoms with Crippen LogP contribution in [0.5, 0.6) is 0 Å². The van der Waals surface area contributed by atoms with Crippen LogP contribution in [-0.4, -0.2) is 6.29 Å². The predicted molar refractivity (Wildman–Crippen MR) is 64.2 cm³/mol. The molecule has 0 aliphatic rings. The molecule has 0 heterocycles. The summed E-state index contributed by atoms with van der Waals surface area (Å²) in [5, 5.41) is 0. The third-order valence-corrected chi connectivity index (χ3v) is 2.79. The monoisotopic (exact) mass is 204 g/mol. The van der Waals surface area contributed by atoms with Gasteiger partial charge in [0.15, 0.2) is 0 Å². The molecule has 0 bridgehead atoms. The molecule has 0 saturated carbocycles. The summed E-state index contributed by atoms with van der Waals surface area (Å²) in [5.74, 6) is 0. The zero-order valence-electron chi connectivity index (χ0n) is 10.3. The fourth-order valence-electron chi connectivity index (χ4n) is 1.47. The van der Waals surface area contributed by atoms with Crippen LogP contribution in [0.4, 0.5) is 0 Å². The fourth-order valence-corrected chi connectivity index (χ4v) is 1.47. The van der Waals surface area contributed by atoms with Gasteiger partial charge in [-0.2, -0.15) is 0 Å². The molecule has 82 valence electrons. The highest BCUT2D eigenvalue weighted by Gasteiger charge is 2.20. The summed E-state index contributed by atoms with van der Waals surface area (Å²) in [7, 11) is 0. The zero-order chi connectivity index (χ0) is 11.7. The lowest BCUT2D eigenvalue weighted by molar-refractivity contribution is -0.111. The second-order valence-corrected chi connectivity index (χ2v) is 5.67. The van der Waals surface area contributed by atoms with E-state index in [1.54, 1.807) is 0 Å². The Morgan fingerprint density at radius 3 is 1.60 bits per heavy atom. The summed E-state index contributed by atoms with van der Waals surface area (Å²) in [4.78, 5) is 10.9. The van der Waals surface area contributed by atoms with Gasteiger partial charge in [0.25, 0.3) is 0 Å². The molecule has 0 radical (unpaired) electrons. The third kappa shape index (κ3) is 2.68. The van der Waals surface area contributed by atoms with E-state index < -0.39 is 0 Å². The van der Waals surface area contributed by atoms with E-state index in [4.69, 9.17) is 0 Å². The number of benzene rings is 1. The average molecular weight is 204 g/mol. The van der Waals surface area contributed by atoms with Crippen molar-refractivity contribution in [2.24, 2.45) is 0 Å². The van der Waals surface area contributed by atoms with Crippen LogP contribution in [0.2, 0.25) is 0 Å². The standard InChI is InChI=1S/C14H20O/c1-13(2,3)11-6-8-12(9-7-11)14(4,5)10-15/h6-10H,1-5H3. The highest BCUT2D eigenvalue weighted by Crippen LogP contribution is 2.26. The van der Waals surface area contributed by atoms with Gasteiger partial charge in [-0.25, -0.2) is 0 Å². The highest BCUT2D eigenvalue weighted by molar-refractivity contribution is 5.67. The second-order valence-electron chi connectivity index (χ2n) is 5.67. The molecule has 1 aromatic rings. The number of hydrogen-bond donors (Lipinski definition) is 0. The smallest absolute Gasteiger partial charge is 0.129 e. The van der Waals surface area contributed by atoms with Crippen molar-refractivity contribution in [3.63, 3.8) is 0 Å². The summed E-state index contributed by atoms with van der Waals surface area (Å²) in [6, 6.07) is 8.32. The maximum atomic E-state index is 10.9. The molecule has 0 aliphatic heterocycles. The molecule has 0 spiro atoms. The highest BCUT2D eigenvalue weighted by atomic mass is 16.1. The van der Waals surface area contributed by atoms with Crippen LogP contribution in [0.25, 0.3) is 0 Å². The predicted octanol–water partition coefficient (Wildman–Crippen LogP) is 3.46. The molecule has 0 aliphatic carbocycles. The van der Waals surface area contributed by atoms with Gasteiger partial charge in [0, 0.05) is 5.41 Å². The van der Waals surface area contributed by atoms with Crippen LogP contribution in [0.15, 0.2) is 24.3 Å². The minimum atomic E-state index is -0.379. The summed E-state index contributed by atoms with van der Waals surface area (Å²) in [5.41, 5.74) is 2.17. The Hall–Kier alpha value is -1.11. The Labute approximate surface area is 92.5 Å². The van der Waals surface area contributed by atoms with E-state index in [0.717, 1.165) is 11.8 Å². The molecule has 0 aromatic heterocycles. The van der Waals surface area contributed by atoms with Gasteiger partial charge in [-0.3, -0.25) is 0 Å². The molecule has 0 fully saturated rings. The van der Waals surface area contributed by atoms with E-state index >= 15 is 0 Å². The van der Waals surface area contributed by atoms with Crippen molar-refractivity contribution in [2.45, 2.75) is 45.4 Å². The first-order valence-corrected chi connectivity index (χ1v) is 5.35. The van der Waals surface area contributed by atoms with Gasteiger partial charge in [0.2, 0.25) is 0 Å². The minimum absolute atomic E-state index is 0.170. The summed E-state index contributed by atoms with van der Waals surface area (Å²) in [6.07, 6.45) is 0.999. The Morgan fingerprint density at radius 1 is 0.867 bits per heavy atom. The Morgan fingerprint density at radius 2 is 1.27 bits per heavy atom. The first kappa shape index (κ1) is 12.0. The Kier molecular flexibility index (Phi) is 3.03. The van der Waals surface area contributed by atoms with Gasteiger partial charge < -0.3 is 4.79 Å². The fraction of sp³-hybridized carbons (Fsp3) is 0.500. The SMILES string of the molecule is CC(C)(C)c1ccc(C(C)(C)C=O)cc1. The lowest BCUT2D eigenvalue weighted by atomic mass is 9.82. The molecule has 15 heavy (non-hydrogen) atoms. The summed E-state index contributed by atoms with van der Waals surface area (Å²) < 4.78 is 0. The number of rotatable bonds is 2. The average Bonchev–Trinajstić information content (AvgIpc) is 2.17. The van der Waals surface area contributed by atoms with Gasteiger partial charge in [-0.1, -0.05) is 45.0 Å². The van der Waals surface area contributed by atoms with E-state index in [1.807, 2.05) is 13.8 Å². The molecule has 0 amide bonds. The van der Waals surface area contributed by atoms with E-state index in [0.29, 0.717) is 0 Å². The van der Waals surface area contributed by atoms with Crippen molar-refractivity contribution in [1.29, 1.82) is 0 Å². The van der Waals surface area contributed by atoms with E-state index in [1.165, 1.54) is 5.56 Å². The van der Waals surface area contributed by atoms with Crippen LogP contribution in [0.1, 0.15) is 45.7 Å². The van der Waals surface area contributed by atoms with Crippen LogP contribution in [0.3, 0.4) is 0 Å². The van der Waals surface area contributed by atoms with Crippen molar-refractivity contribution in [1.82, 2.24) is 0 Å². The molecule has 0 atom stereocenters. The van der Waals surface area contributed by atoms with Gasteiger partial charge in [-0.05, 0) is 30.4 Å². The molecule has 1 rings (SSSR count). The lowest BCUT2D eigenvalue weighted by Gasteiger charge is -2.22. The summed E-state index contributed by atoms with van der Waals surface area (Å²) in [6.45, 7) is 10.4. The van der Waals surface area contributed by atoms with E-state index in [2.05, 4.69) is 45.0 Å². The van der Waals surface area contributed by atoms with Crippen LogP contribution >= 0.6 is 0 Å². The van der Waals surface area contributed by atoms with Gasteiger partial charge in [0.1, 0.15) is 6.29 Å².